The number of anilines is 3. The highest BCUT2D eigenvalue weighted by molar-refractivity contribution is 5.73. The van der Waals surface area contributed by atoms with Gasteiger partial charge in [-0.05, 0) is 74.1 Å². The Morgan fingerprint density at radius 3 is 2.47 bits per heavy atom. The van der Waals surface area contributed by atoms with Gasteiger partial charge in [-0.25, -0.2) is 14.4 Å². The van der Waals surface area contributed by atoms with Crippen molar-refractivity contribution in [3.63, 3.8) is 0 Å². The van der Waals surface area contributed by atoms with Crippen molar-refractivity contribution in [2.75, 3.05) is 10.6 Å². The van der Waals surface area contributed by atoms with Crippen LogP contribution in [0.1, 0.15) is 36.9 Å². The molecule has 0 radical (unpaired) electrons. The van der Waals surface area contributed by atoms with Crippen molar-refractivity contribution in [3.05, 3.63) is 90.3 Å². The van der Waals surface area contributed by atoms with E-state index in [-0.39, 0.29) is 18.0 Å². The van der Waals surface area contributed by atoms with E-state index in [1.54, 1.807) is 12.4 Å². The normalized spacial score (nSPS) is 17.1. The predicted molar refractivity (Wildman–Crippen MR) is 137 cm³/mol. The van der Waals surface area contributed by atoms with Gasteiger partial charge in [0.2, 0.25) is 5.95 Å². The first kappa shape index (κ1) is 23.4. The zero-order valence-corrected chi connectivity index (χ0v) is 19.5. The number of hydrogen-bond donors (Lipinski definition) is 3. The third-order valence-corrected chi connectivity index (χ3v) is 5.97. The highest BCUT2D eigenvalue weighted by Gasteiger charge is 2.21. The molecular formula is C28H25FN6O. The van der Waals surface area contributed by atoms with Crippen molar-refractivity contribution < 1.29 is 9.50 Å². The summed E-state index contributed by atoms with van der Waals surface area (Å²) in [6.45, 7) is 0. The lowest BCUT2D eigenvalue weighted by Crippen LogP contribution is -2.29. The Bertz CT molecular complexity index is 1380. The molecule has 1 aliphatic rings. The number of aromatic nitrogens is 4. The zero-order chi connectivity index (χ0) is 24.7. The number of rotatable bonds is 5. The second-order valence-corrected chi connectivity index (χ2v) is 8.63. The van der Waals surface area contributed by atoms with Crippen molar-refractivity contribution in [2.45, 2.75) is 37.8 Å². The lowest BCUT2D eigenvalue weighted by Gasteiger charge is -2.27. The predicted octanol–water partition coefficient (Wildman–Crippen LogP) is 4.93. The van der Waals surface area contributed by atoms with E-state index in [1.807, 2.05) is 42.5 Å². The van der Waals surface area contributed by atoms with E-state index in [9.17, 15) is 9.50 Å². The number of nitrogens with zero attached hydrogens (tertiary/aromatic N) is 4. The summed E-state index contributed by atoms with van der Waals surface area (Å²) >= 11 is 0. The fourth-order valence-electron chi connectivity index (χ4n) is 4.05. The first-order valence-corrected chi connectivity index (χ1v) is 11.9. The molecule has 3 heterocycles. The van der Waals surface area contributed by atoms with Gasteiger partial charge in [-0.1, -0.05) is 12.0 Å². The molecule has 1 saturated carbocycles. The van der Waals surface area contributed by atoms with Gasteiger partial charge in [-0.2, -0.15) is 4.98 Å². The Morgan fingerprint density at radius 2 is 1.72 bits per heavy atom. The maximum atomic E-state index is 13.3. The monoisotopic (exact) mass is 480 g/mol. The van der Waals surface area contributed by atoms with E-state index in [0.29, 0.717) is 17.5 Å². The fourth-order valence-corrected chi connectivity index (χ4v) is 4.05. The summed E-state index contributed by atoms with van der Waals surface area (Å²) in [5.41, 5.74) is 3.58. The van der Waals surface area contributed by atoms with Gasteiger partial charge >= 0.3 is 0 Å². The van der Waals surface area contributed by atoms with Gasteiger partial charge in [0, 0.05) is 41.9 Å². The van der Waals surface area contributed by atoms with Crippen molar-refractivity contribution >= 4 is 17.5 Å². The van der Waals surface area contributed by atoms with Gasteiger partial charge in [0.1, 0.15) is 17.3 Å². The molecular weight excluding hydrogens is 455 g/mol. The first-order chi connectivity index (χ1) is 17.6. The van der Waals surface area contributed by atoms with E-state index in [2.05, 4.69) is 37.4 Å². The second kappa shape index (κ2) is 10.9. The Kier molecular flexibility index (Phi) is 7.10. The van der Waals surface area contributed by atoms with Crippen LogP contribution in [0.4, 0.5) is 21.8 Å². The van der Waals surface area contributed by atoms with Crippen molar-refractivity contribution in [1.29, 1.82) is 0 Å². The molecule has 5 rings (SSSR count). The van der Waals surface area contributed by atoms with Crippen LogP contribution in [0.15, 0.2) is 73.2 Å². The molecule has 180 valence electrons. The lowest BCUT2D eigenvalue weighted by molar-refractivity contribution is 0.126. The van der Waals surface area contributed by atoms with Crippen LogP contribution < -0.4 is 10.6 Å². The summed E-state index contributed by atoms with van der Waals surface area (Å²) < 4.78 is 13.3. The van der Waals surface area contributed by atoms with Crippen LogP contribution in [-0.2, 0) is 0 Å². The Morgan fingerprint density at radius 1 is 0.889 bits per heavy atom. The number of aliphatic hydroxyl groups is 1. The molecule has 8 heteroatoms. The minimum absolute atomic E-state index is 0.223. The SMILES string of the molecule is O[C@H]1CC[C@H](Nc2nc(Nc3ccc(C#Cc4cc(F)ccn4)cc3)ncc2-c2ccccn2)CC1. The molecule has 0 aliphatic heterocycles. The van der Waals surface area contributed by atoms with Crippen molar-refractivity contribution in [2.24, 2.45) is 0 Å². The van der Waals surface area contributed by atoms with Gasteiger partial charge in [0.25, 0.3) is 0 Å². The summed E-state index contributed by atoms with van der Waals surface area (Å²) in [5, 5.41) is 16.6. The Hall–Kier alpha value is -4.35. The van der Waals surface area contributed by atoms with Crippen LogP contribution in [0.25, 0.3) is 11.3 Å². The molecule has 0 amide bonds. The first-order valence-electron chi connectivity index (χ1n) is 11.9. The summed E-state index contributed by atoms with van der Waals surface area (Å²) in [7, 11) is 0. The van der Waals surface area contributed by atoms with Gasteiger partial charge < -0.3 is 15.7 Å². The third kappa shape index (κ3) is 6.01. The number of pyridine rings is 2. The van der Waals surface area contributed by atoms with Crippen molar-refractivity contribution in [3.8, 4) is 23.1 Å². The number of aliphatic hydroxyl groups excluding tert-OH is 1. The molecule has 1 aromatic carbocycles. The fraction of sp³-hybridized carbons (Fsp3) is 0.214. The van der Waals surface area contributed by atoms with E-state index < -0.39 is 0 Å². The highest BCUT2D eigenvalue weighted by atomic mass is 19.1. The molecule has 0 spiro atoms. The van der Waals surface area contributed by atoms with Crippen LogP contribution in [0, 0.1) is 17.7 Å². The minimum Gasteiger partial charge on any atom is -0.393 e. The second-order valence-electron chi connectivity index (χ2n) is 8.63. The van der Waals surface area contributed by atoms with Crippen LogP contribution in [0.3, 0.4) is 0 Å². The van der Waals surface area contributed by atoms with E-state index in [0.717, 1.165) is 48.2 Å². The van der Waals surface area contributed by atoms with Crippen LogP contribution in [-0.4, -0.2) is 37.2 Å². The van der Waals surface area contributed by atoms with Crippen LogP contribution in [0.2, 0.25) is 0 Å². The van der Waals surface area contributed by atoms with Crippen molar-refractivity contribution in [1.82, 2.24) is 19.9 Å². The van der Waals surface area contributed by atoms with E-state index >= 15 is 0 Å². The Balaban J connectivity index is 1.34. The molecule has 1 fully saturated rings. The zero-order valence-electron chi connectivity index (χ0n) is 19.5. The average molecular weight is 481 g/mol. The molecule has 0 saturated heterocycles. The largest absolute Gasteiger partial charge is 0.393 e. The van der Waals surface area contributed by atoms with Gasteiger partial charge in [-0.3, -0.25) is 4.98 Å². The summed E-state index contributed by atoms with van der Waals surface area (Å²) in [5.74, 6) is 6.65. The summed E-state index contributed by atoms with van der Waals surface area (Å²) in [6, 6.07) is 16.1. The maximum Gasteiger partial charge on any atom is 0.229 e. The van der Waals surface area contributed by atoms with E-state index in [1.165, 1.54) is 18.3 Å². The topological polar surface area (TPSA) is 95.8 Å². The molecule has 7 nitrogen and oxygen atoms in total. The minimum atomic E-state index is -0.363. The highest BCUT2D eigenvalue weighted by Crippen LogP contribution is 2.29. The third-order valence-electron chi connectivity index (χ3n) is 5.97. The maximum absolute atomic E-state index is 13.3. The number of benzene rings is 1. The molecule has 3 aromatic heterocycles. The van der Waals surface area contributed by atoms with Crippen LogP contribution >= 0.6 is 0 Å². The van der Waals surface area contributed by atoms with Gasteiger partial charge in [0.15, 0.2) is 0 Å². The number of hydrogen-bond acceptors (Lipinski definition) is 7. The molecule has 4 aromatic rings. The number of halogens is 1. The van der Waals surface area contributed by atoms with Crippen LogP contribution in [0.5, 0.6) is 0 Å². The van der Waals surface area contributed by atoms with Gasteiger partial charge in [-0.15, -0.1) is 0 Å². The van der Waals surface area contributed by atoms with Gasteiger partial charge in [0.05, 0.1) is 17.4 Å². The van der Waals surface area contributed by atoms with E-state index in [4.69, 9.17) is 4.98 Å². The summed E-state index contributed by atoms with van der Waals surface area (Å²) in [4.78, 5) is 17.8. The molecule has 0 bridgehead atoms. The Labute approximate surface area is 208 Å². The molecule has 36 heavy (non-hydrogen) atoms. The lowest BCUT2D eigenvalue weighted by atomic mass is 9.93. The molecule has 0 atom stereocenters. The standard InChI is InChI=1S/C28H25FN6O/c29-20-14-16-30-23(17-20)9-6-19-4-7-22(8-5-19)34-28-32-18-25(26-3-1-2-15-31-26)27(35-28)33-21-10-12-24(36)13-11-21/h1-5,7-8,14-18,21,24,36H,10-13H2,(H2,32,33,34,35)/t21-,24-. The molecule has 0 unspecified atom stereocenters. The number of nitrogens with one attached hydrogen (secondary N) is 2. The summed E-state index contributed by atoms with van der Waals surface area (Å²) in [6.07, 6.45) is 7.99. The smallest absolute Gasteiger partial charge is 0.229 e. The molecule has 1 aliphatic carbocycles. The quantitative estimate of drug-likeness (QED) is 0.349. The molecule has 3 N–H and O–H groups in total. The average Bonchev–Trinajstić information content (AvgIpc) is 2.90.